The van der Waals surface area contributed by atoms with Crippen molar-refractivity contribution in [1.82, 2.24) is 0 Å². The Morgan fingerprint density at radius 2 is 2.00 bits per heavy atom. The molecule has 0 aliphatic heterocycles. The molecule has 1 rings (SSSR count). The molecule has 0 saturated heterocycles. The maximum Gasteiger partial charge on any atom is 0.305 e. The molecule has 0 unspecified atom stereocenters. The van der Waals surface area contributed by atoms with Crippen molar-refractivity contribution in [2.24, 2.45) is 0 Å². The van der Waals surface area contributed by atoms with Crippen molar-refractivity contribution in [1.29, 1.82) is 0 Å². The lowest BCUT2D eigenvalue weighted by molar-refractivity contribution is -0.136. The summed E-state index contributed by atoms with van der Waals surface area (Å²) in [6.45, 7) is 2.48. The highest BCUT2D eigenvalue weighted by atomic mass is 16.5. The van der Waals surface area contributed by atoms with Crippen molar-refractivity contribution in [2.75, 3.05) is 31.8 Å². The highest BCUT2D eigenvalue weighted by Gasteiger charge is 2.20. The first-order chi connectivity index (χ1) is 10.1. The number of hydrogen-bond acceptors (Lipinski definition) is 4. The van der Waals surface area contributed by atoms with Gasteiger partial charge in [0.15, 0.2) is 0 Å². The van der Waals surface area contributed by atoms with Crippen LogP contribution in [0.1, 0.15) is 19.8 Å². The Hall–Kier alpha value is -2.08. The van der Waals surface area contributed by atoms with E-state index in [0.29, 0.717) is 18.0 Å². The van der Waals surface area contributed by atoms with Crippen molar-refractivity contribution in [3.8, 4) is 5.75 Å². The second-order valence-corrected chi connectivity index (χ2v) is 4.44. The van der Waals surface area contributed by atoms with Gasteiger partial charge in [0.05, 0.1) is 18.7 Å². The molecule has 0 aromatic heterocycles. The fraction of sp³-hybridized carbons (Fsp3) is 0.467. The maximum atomic E-state index is 12.1. The van der Waals surface area contributed by atoms with Gasteiger partial charge in [-0.2, -0.15) is 0 Å². The monoisotopic (exact) mass is 295 g/mol. The molecular formula is C15H21NO5. The molecule has 1 amide bonds. The predicted octanol–water partition coefficient (Wildman–Crippen LogP) is 1.93. The van der Waals surface area contributed by atoms with Crippen LogP contribution >= 0.6 is 0 Å². The molecule has 1 N–H and O–H groups in total. The lowest BCUT2D eigenvalue weighted by atomic mass is 10.2. The average molecular weight is 295 g/mol. The van der Waals surface area contributed by atoms with Crippen LogP contribution in [0, 0.1) is 0 Å². The fourth-order valence-electron chi connectivity index (χ4n) is 1.80. The number of rotatable bonds is 9. The number of carbonyl (C=O) groups excluding carboxylic acids is 1. The van der Waals surface area contributed by atoms with E-state index in [-0.39, 0.29) is 25.5 Å². The van der Waals surface area contributed by atoms with Crippen molar-refractivity contribution in [2.45, 2.75) is 19.8 Å². The predicted molar refractivity (Wildman–Crippen MR) is 78.7 cm³/mol. The number of amides is 1. The van der Waals surface area contributed by atoms with Crippen LogP contribution in [0.4, 0.5) is 5.69 Å². The molecule has 0 aliphatic carbocycles. The number of aliphatic carboxylic acids is 1. The Kier molecular flexibility index (Phi) is 7.25. The Morgan fingerprint density at radius 1 is 1.29 bits per heavy atom. The molecule has 0 aliphatic rings. The van der Waals surface area contributed by atoms with Crippen LogP contribution in [0.25, 0.3) is 0 Å². The number of hydrogen-bond donors (Lipinski definition) is 1. The first-order valence-electron chi connectivity index (χ1n) is 6.83. The number of nitrogens with zero attached hydrogens (tertiary/aromatic N) is 1. The topological polar surface area (TPSA) is 76.1 Å². The van der Waals surface area contributed by atoms with Crippen LogP contribution in [0.5, 0.6) is 5.75 Å². The molecule has 6 heteroatoms. The van der Waals surface area contributed by atoms with E-state index in [1.807, 2.05) is 13.0 Å². The molecule has 0 bridgehead atoms. The summed E-state index contributed by atoms with van der Waals surface area (Å²) in [6.07, 6.45) is 0.701. The summed E-state index contributed by atoms with van der Waals surface area (Å²) in [4.78, 5) is 24.3. The molecule has 0 radical (unpaired) electrons. The lowest BCUT2D eigenvalue weighted by Crippen LogP contribution is -2.36. The molecule has 116 valence electrons. The van der Waals surface area contributed by atoms with Gasteiger partial charge in [-0.1, -0.05) is 19.1 Å². The summed E-state index contributed by atoms with van der Waals surface area (Å²) in [7, 11) is 1.42. The maximum absolute atomic E-state index is 12.1. The van der Waals surface area contributed by atoms with E-state index in [2.05, 4.69) is 0 Å². The molecule has 0 saturated carbocycles. The Morgan fingerprint density at radius 3 is 2.62 bits per heavy atom. The second-order valence-electron chi connectivity index (χ2n) is 4.44. The quantitative estimate of drug-likeness (QED) is 0.753. The van der Waals surface area contributed by atoms with Crippen LogP contribution in [0.15, 0.2) is 24.3 Å². The van der Waals surface area contributed by atoms with Gasteiger partial charge in [-0.25, -0.2) is 0 Å². The SMILES string of the molecule is CCCOc1ccccc1N(CCC(=O)O)C(=O)COC. The van der Waals surface area contributed by atoms with E-state index < -0.39 is 5.97 Å². The molecule has 1 aromatic carbocycles. The summed E-state index contributed by atoms with van der Waals surface area (Å²) >= 11 is 0. The van der Waals surface area contributed by atoms with Crippen molar-refractivity contribution < 1.29 is 24.2 Å². The minimum Gasteiger partial charge on any atom is -0.491 e. The van der Waals surface area contributed by atoms with Crippen molar-refractivity contribution in [3.05, 3.63) is 24.3 Å². The van der Waals surface area contributed by atoms with E-state index in [9.17, 15) is 9.59 Å². The lowest BCUT2D eigenvalue weighted by Gasteiger charge is -2.24. The third-order valence-electron chi connectivity index (χ3n) is 2.74. The highest BCUT2D eigenvalue weighted by Crippen LogP contribution is 2.28. The normalized spacial score (nSPS) is 10.2. The third-order valence-corrected chi connectivity index (χ3v) is 2.74. The number of para-hydroxylation sites is 2. The first kappa shape index (κ1) is 17.0. The van der Waals surface area contributed by atoms with Crippen LogP contribution in [-0.4, -0.2) is 43.9 Å². The Bertz CT molecular complexity index is 475. The number of anilines is 1. The average Bonchev–Trinajstić information content (AvgIpc) is 2.46. The fourth-order valence-corrected chi connectivity index (χ4v) is 1.80. The molecule has 0 atom stereocenters. The number of carboxylic acid groups (broad SMARTS) is 1. The molecule has 21 heavy (non-hydrogen) atoms. The second kappa shape index (κ2) is 8.97. The zero-order chi connectivity index (χ0) is 15.7. The van der Waals surface area contributed by atoms with Crippen LogP contribution in [-0.2, 0) is 14.3 Å². The first-order valence-corrected chi connectivity index (χ1v) is 6.83. The van der Waals surface area contributed by atoms with Gasteiger partial charge in [-0.05, 0) is 18.6 Å². The van der Waals surface area contributed by atoms with E-state index in [0.717, 1.165) is 6.42 Å². The zero-order valence-corrected chi connectivity index (χ0v) is 12.4. The summed E-state index contributed by atoms with van der Waals surface area (Å²) in [6, 6.07) is 7.09. The summed E-state index contributed by atoms with van der Waals surface area (Å²) < 4.78 is 10.5. The molecule has 0 spiro atoms. The summed E-state index contributed by atoms with van der Waals surface area (Å²) in [5.74, 6) is -0.697. The third kappa shape index (κ3) is 5.43. The van der Waals surface area contributed by atoms with Gasteiger partial charge in [0.2, 0.25) is 0 Å². The van der Waals surface area contributed by atoms with E-state index in [1.54, 1.807) is 18.2 Å². The Labute approximate surface area is 124 Å². The van der Waals surface area contributed by atoms with Gasteiger partial charge in [-0.15, -0.1) is 0 Å². The van der Waals surface area contributed by atoms with Gasteiger partial charge in [0.25, 0.3) is 5.91 Å². The smallest absolute Gasteiger partial charge is 0.305 e. The zero-order valence-electron chi connectivity index (χ0n) is 12.4. The standard InChI is InChI=1S/C15H21NO5/c1-3-10-21-13-7-5-4-6-12(13)16(9-8-15(18)19)14(17)11-20-2/h4-7H,3,8-11H2,1-2H3,(H,18,19). The van der Waals surface area contributed by atoms with Gasteiger partial charge in [0.1, 0.15) is 12.4 Å². The van der Waals surface area contributed by atoms with Gasteiger partial charge in [-0.3, -0.25) is 9.59 Å². The minimum absolute atomic E-state index is 0.0734. The van der Waals surface area contributed by atoms with Gasteiger partial charge < -0.3 is 19.5 Å². The van der Waals surface area contributed by atoms with E-state index in [4.69, 9.17) is 14.6 Å². The summed E-state index contributed by atoms with van der Waals surface area (Å²) in [5.41, 5.74) is 0.564. The molecule has 0 heterocycles. The van der Waals surface area contributed by atoms with Crippen LogP contribution < -0.4 is 9.64 Å². The number of ether oxygens (including phenoxy) is 2. The van der Waals surface area contributed by atoms with Crippen molar-refractivity contribution >= 4 is 17.6 Å². The highest BCUT2D eigenvalue weighted by molar-refractivity contribution is 5.96. The largest absolute Gasteiger partial charge is 0.491 e. The molecule has 6 nitrogen and oxygen atoms in total. The van der Waals surface area contributed by atoms with Crippen LogP contribution in [0.3, 0.4) is 0 Å². The Balaban J connectivity index is 3.00. The van der Waals surface area contributed by atoms with Gasteiger partial charge in [0, 0.05) is 13.7 Å². The number of benzene rings is 1. The number of methoxy groups -OCH3 is 1. The molecule has 0 fully saturated rings. The minimum atomic E-state index is -0.961. The number of carboxylic acids is 1. The van der Waals surface area contributed by atoms with E-state index >= 15 is 0 Å². The van der Waals surface area contributed by atoms with Crippen LogP contribution in [0.2, 0.25) is 0 Å². The van der Waals surface area contributed by atoms with Gasteiger partial charge >= 0.3 is 5.97 Å². The summed E-state index contributed by atoms with van der Waals surface area (Å²) in [5, 5.41) is 8.83. The number of carbonyl (C=O) groups is 2. The molecular weight excluding hydrogens is 274 g/mol. The van der Waals surface area contributed by atoms with E-state index in [1.165, 1.54) is 12.0 Å². The molecule has 1 aromatic rings. The van der Waals surface area contributed by atoms with Crippen molar-refractivity contribution in [3.63, 3.8) is 0 Å².